The standard InChI is InChI=1S/C16H17BrO3/c1-10-6-4-7-11(15(10)17)16(18)14-12(19-2)8-5-9-13(14)20-3/h4-9,16,18H,1-3H3. The van der Waals surface area contributed by atoms with E-state index in [-0.39, 0.29) is 0 Å². The zero-order valence-corrected chi connectivity index (χ0v) is 13.3. The Morgan fingerprint density at radius 2 is 1.55 bits per heavy atom. The Hall–Kier alpha value is -1.52. The topological polar surface area (TPSA) is 38.7 Å². The van der Waals surface area contributed by atoms with E-state index < -0.39 is 6.10 Å². The van der Waals surface area contributed by atoms with Crippen LogP contribution in [-0.2, 0) is 0 Å². The Morgan fingerprint density at radius 3 is 2.10 bits per heavy atom. The Kier molecular flexibility index (Phi) is 4.68. The summed E-state index contributed by atoms with van der Waals surface area (Å²) in [7, 11) is 3.16. The normalized spacial score (nSPS) is 12.1. The first-order valence-electron chi connectivity index (χ1n) is 6.24. The minimum absolute atomic E-state index is 0.602. The number of rotatable bonds is 4. The van der Waals surface area contributed by atoms with Crippen molar-refractivity contribution < 1.29 is 14.6 Å². The van der Waals surface area contributed by atoms with Crippen LogP contribution in [0.3, 0.4) is 0 Å². The van der Waals surface area contributed by atoms with Crippen molar-refractivity contribution in [3.8, 4) is 11.5 Å². The average molecular weight is 337 g/mol. The highest BCUT2D eigenvalue weighted by Crippen LogP contribution is 2.39. The van der Waals surface area contributed by atoms with E-state index in [1.807, 2.05) is 43.3 Å². The highest BCUT2D eigenvalue weighted by atomic mass is 79.9. The molecule has 2 rings (SSSR count). The maximum absolute atomic E-state index is 10.7. The minimum atomic E-state index is -0.824. The summed E-state index contributed by atoms with van der Waals surface area (Å²) in [6.45, 7) is 1.99. The van der Waals surface area contributed by atoms with Crippen LogP contribution in [0.4, 0.5) is 0 Å². The lowest BCUT2D eigenvalue weighted by molar-refractivity contribution is 0.208. The van der Waals surface area contributed by atoms with Crippen molar-refractivity contribution in [2.24, 2.45) is 0 Å². The van der Waals surface area contributed by atoms with Gasteiger partial charge in [-0.25, -0.2) is 0 Å². The lowest BCUT2D eigenvalue weighted by Gasteiger charge is -2.20. The number of aliphatic hydroxyl groups excluding tert-OH is 1. The van der Waals surface area contributed by atoms with Gasteiger partial charge in [-0.1, -0.05) is 40.2 Å². The van der Waals surface area contributed by atoms with Crippen LogP contribution in [0.15, 0.2) is 40.9 Å². The van der Waals surface area contributed by atoms with Gasteiger partial charge in [-0.15, -0.1) is 0 Å². The van der Waals surface area contributed by atoms with Gasteiger partial charge < -0.3 is 14.6 Å². The second-order valence-electron chi connectivity index (χ2n) is 4.46. The average Bonchev–Trinajstić information content (AvgIpc) is 2.48. The third kappa shape index (κ3) is 2.67. The fraction of sp³-hybridized carbons (Fsp3) is 0.250. The first-order valence-corrected chi connectivity index (χ1v) is 7.03. The number of ether oxygens (including phenoxy) is 2. The van der Waals surface area contributed by atoms with Gasteiger partial charge >= 0.3 is 0 Å². The molecule has 0 saturated heterocycles. The third-order valence-corrected chi connectivity index (χ3v) is 4.34. The van der Waals surface area contributed by atoms with E-state index in [0.717, 1.165) is 15.6 Å². The van der Waals surface area contributed by atoms with Gasteiger partial charge in [0.15, 0.2) is 0 Å². The molecule has 0 radical (unpaired) electrons. The summed E-state index contributed by atoms with van der Waals surface area (Å²) in [5.74, 6) is 1.20. The summed E-state index contributed by atoms with van der Waals surface area (Å²) >= 11 is 3.53. The van der Waals surface area contributed by atoms with Crippen molar-refractivity contribution in [1.29, 1.82) is 0 Å². The van der Waals surface area contributed by atoms with Crippen LogP contribution < -0.4 is 9.47 Å². The van der Waals surface area contributed by atoms with Crippen LogP contribution >= 0.6 is 15.9 Å². The number of hydrogen-bond donors (Lipinski definition) is 1. The van der Waals surface area contributed by atoms with Crippen molar-refractivity contribution in [3.05, 3.63) is 57.6 Å². The van der Waals surface area contributed by atoms with Crippen LogP contribution in [0, 0.1) is 6.92 Å². The van der Waals surface area contributed by atoms with Gasteiger partial charge in [0.25, 0.3) is 0 Å². The largest absolute Gasteiger partial charge is 0.496 e. The summed E-state index contributed by atoms with van der Waals surface area (Å²) in [6, 6.07) is 11.2. The number of hydrogen-bond acceptors (Lipinski definition) is 3. The van der Waals surface area contributed by atoms with E-state index in [9.17, 15) is 5.11 Å². The molecule has 0 aromatic heterocycles. The summed E-state index contributed by atoms with van der Waals surface area (Å²) in [5, 5.41) is 10.7. The lowest BCUT2D eigenvalue weighted by atomic mass is 9.98. The monoisotopic (exact) mass is 336 g/mol. The van der Waals surface area contributed by atoms with Gasteiger partial charge in [-0.3, -0.25) is 0 Å². The van der Waals surface area contributed by atoms with E-state index >= 15 is 0 Å². The van der Waals surface area contributed by atoms with Gasteiger partial charge in [0.1, 0.15) is 17.6 Å². The molecule has 2 aromatic carbocycles. The molecule has 0 amide bonds. The smallest absolute Gasteiger partial charge is 0.128 e. The number of aryl methyl sites for hydroxylation is 1. The molecular formula is C16H17BrO3. The van der Waals surface area contributed by atoms with E-state index in [2.05, 4.69) is 15.9 Å². The number of benzene rings is 2. The summed E-state index contributed by atoms with van der Waals surface area (Å²) in [4.78, 5) is 0. The van der Waals surface area contributed by atoms with E-state index in [0.29, 0.717) is 17.1 Å². The van der Waals surface area contributed by atoms with Crippen molar-refractivity contribution in [3.63, 3.8) is 0 Å². The van der Waals surface area contributed by atoms with Gasteiger partial charge in [-0.05, 0) is 30.2 Å². The predicted molar refractivity (Wildman–Crippen MR) is 82.5 cm³/mol. The highest BCUT2D eigenvalue weighted by molar-refractivity contribution is 9.10. The van der Waals surface area contributed by atoms with Gasteiger partial charge in [-0.2, -0.15) is 0 Å². The molecule has 4 heteroatoms. The zero-order chi connectivity index (χ0) is 14.7. The van der Waals surface area contributed by atoms with Crippen LogP contribution in [0.2, 0.25) is 0 Å². The quantitative estimate of drug-likeness (QED) is 0.921. The molecule has 1 unspecified atom stereocenters. The molecule has 3 nitrogen and oxygen atoms in total. The maximum Gasteiger partial charge on any atom is 0.128 e. The Morgan fingerprint density at radius 1 is 1.00 bits per heavy atom. The van der Waals surface area contributed by atoms with E-state index in [1.165, 1.54) is 0 Å². The Bertz CT molecular complexity index is 588. The Balaban J connectivity index is 2.58. The van der Waals surface area contributed by atoms with Crippen molar-refractivity contribution in [2.45, 2.75) is 13.0 Å². The van der Waals surface area contributed by atoms with Crippen LogP contribution in [0.1, 0.15) is 22.8 Å². The van der Waals surface area contributed by atoms with E-state index in [1.54, 1.807) is 14.2 Å². The molecule has 0 aliphatic heterocycles. The number of aliphatic hydroxyl groups is 1. The van der Waals surface area contributed by atoms with Crippen LogP contribution in [0.5, 0.6) is 11.5 Å². The lowest BCUT2D eigenvalue weighted by Crippen LogP contribution is -2.06. The van der Waals surface area contributed by atoms with E-state index in [4.69, 9.17) is 9.47 Å². The van der Waals surface area contributed by atoms with Crippen molar-refractivity contribution in [1.82, 2.24) is 0 Å². The summed E-state index contributed by atoms with van der Waals surface area (Å²) in [6.07, 6.45) is -0.824. The summed E-state index contributed by atoms with van der Waals surface area (Å²) in [5.41, 5.74) is 2.48. The molecule has 1 atom stereocenters. The zero-order valence-electron chi connectivity index (χ0n) is 11.7. The van der Waals surface area contributed by atoms with Crippen LogP contribution in [0.25, 0.3) is 0 Å². The first kappa shape index (κ1) is 14.9. The van der Waals surface area contributed by atoms with Crippen molar-refractivity contribution in [2.75, 3.05) is 14.2 Å². The van der Waals surface area contributed by atoms with Crippen molar-refractivity contribution >= 4 is 15.9 Å². The van der Waals surface area contributed by atoms with Gasteiger partial charge in [0.2, 0.25) is 0 Å². The number of methoxy groups -OCH3 is 2. The molecule has 106 valence electrons. The Labute approximate surface area is 127 Å². The first-order chi connectivity index (χ1) is 9.60. The predicted octanol–water partition coefficient (Wildman–Crippen LogP) is 3.86. The molecular weight excluding hydrogens is 320 g/mol. The molecule has 0 bridgehead atoms. The maximum atomic E-state index is 10.7. The molecule has 0 heterocycles. The second-order valence-corrected chi connectivity index (χ2v) is 5.25. The third-order valence-electron chi connectivity index (χ3n) is 3.26. The molecule has 1 N–H and O–H groups in total. The summed E-state index contributed by atoms with van der Waals surface area (Å²) < 4.78 is 11.6. The molecule has 2 aromatic rings. The molecule has 0 saturated carbocycles. The minimum Gasteiger partial charge on any atom is -0.496 e. The highest BCUT2D eigenvalue weighted by Gasteiger charge is 2.22. The van der Waals surface area contributed by atoms with Gasteiger partial charge in [0.05, 0.1) is 19.8 Å². The van der Waals surface area contributed by atoms with Gasteiger partial charge in [0, 0.05) is 4.47 Å². The molecule has 0 spiro atoms. The molecule has 0 aliphatic rings. The molecule has 0 aliphatic carbocycles. The van der Waals surface area contributed by atoms with Crippen LogP contribution in [-0.4, -0.2) is 19.3 Å². The fourth-order valence-corrected chi connectivity index (χ4v) is 2.67. The molecule has 20 heavy (non-hydrogen) atoms. The second kappa shape index (κ2) is 6.29. The SMILES string of the molecule is COc1cccc(OC)c1C(O)c1cccc(C)c1Br. The fourth-order valence-electron chi connectivity index (χ4n) is 2.19. The molecule has 0 fully saturated rings. The number of halogens is 1.